The molecule has 0 saturated heterocycles. The van der Waals surface area contributed by atoms with Gasteiger partial charge in [-0.05, 0) is 67.4 Å². The van der Waals surface area contributed by atoms with Crippen molar-refractivity contribution in [1.82, 2.24) is 5.32 Å². The van der Waals surface area contributed by atoms with Gasteiger partial charge in [0.05, 0.1) is 6.61 Å². The number of benzene rings is 1. The third-order valence-corrected chi connectivity index (χ3v) is 4.81. The largest absolute Gasteiger partial charge is 0.493 e. The minimum atomic E-state index is 0.0414. The molecule has 0 spiro atoms. The number of rotatable bonds is 3. The molecule has 2 aliphatic rings. The van der Waals surface area contributed by atoms with E-state index in [1.54, 1.807) is 6.92 Å². The van der Waals surface area contributed by atoms with Crippen LogP contribution >= 0.6 is 0 Å². The van der Waals surface area contributed by atoms with Gasteiger partial charge in [-0.15, -0.1) is 0 Å². The second kappa shape index (κ2) is 5.79. The minimum absolute atomic E-state index is 0.0414. The van der Waals surface area contributed by atoms with E-state index in [1.807, 2.05) is 0 Å². The van der Waals surface area contributed by atoms with Crippen molar-refractivity contribution in [2.45, 2.75) is 47.0 Å². The Morgan fingerprint density at radius 3 is 2.86 bits per heavy atom. The van der Waals surface area contributed by atoms with E-state index in [1.165, 1.54) is 33.4 Å². The van der Waals surface area contributed by atoms with E-state index >= 15 is 0 Å². The van der Waals surface area contributed by atoms with Crippen LogP contribution in [-0.2, 0) is 17.6 Å². The van der Waals surface area contributed by atoms with E-state index < -0.39 is 0 Å². The van der Waals surface area contributed by atoms with Crippen LogP contribution in [0.15, 0.2) is 11.6 Å². The molecule has 1 aromatic rings. The van der Waals surface area contributed by atoms with Gasteiger partial charge in [0, 0.05) is 19.0 Å². The van der Waals surface area contributed by atoms with Crippen LogP contribution in [0.3, 0.4) is 0 Å². The molecule has 1 amide bonds. The van der Waals surface area contributed by atoms with Gasteiger partial charge in [0.25, 0.3) is 0 Å². The highest BCUT2D eigenvalue weighted by Gasteiger charge is 2.29. The maximum absolute atomic E-state index is 11.1. The molecule has 118 valence electrons. The molecule has 0 fully saturated rings. The van der Waals surface area contributed by atoms with Gasteiger partial charge < -0.3 is 10.1 Å². The van der Waals surface area contributed by atoms with E-state index in [4.69, 9.17) is 4.74 Å². The molecule has 1 aliphatic carbocycles. The lowest BCUT2D eigenvalue weighted by atomic mass is 9.87. The van der Waals surface area contributed by atoms with Gasteiger partial charge in [0.15, 0.2) is 0 Å². The predicted molar refractivity (Wildman–Crippen MR) is 89.1 cm³/mol. The summed E-state index contributed by atoms with van der Waals surface area (Å²) in [5, 5.41) is 2.92. The van der Waals surface area contributed by atoms with Crippen molar-refractivity contribution in [3.8, 4) is 5.75 Å². The van der Waals surface area contributed by atoms with Crippen molar-refractivity contribution in [3.05, 3.63) is 33.9 Å². The second-order valence-electron chi connectivity index (χ2n) is 6.81. The molecule has 1 heterocycles. The highest BCUT2D eigenvalue weighted by atomic mass is 16.5. The maximum atomic E-state index is 11.1. The molecule has 1 unspecified atom stereocenters. The van der Waals surface area contributed by atoms with Crippen LogP contribution in [0.4, 0.5) is 0 Å². The first-order valence-corrected chi connectivity index (χ1v) is 8.19. The Balaban J connectivity index is 1.98. The number of hydrogen-bond acceptors (Lipinski definition) is 2. The van der Waals surface area contributed by atoms with E-state index in [9.17, 15) is 4.79 Å². The van der Waals surface area contributed by atoms with Crippen molar-refractivity contribution in [3.63, 3.8) is 0 Å². The molecule has 3 heteroatoms. The number of nitrogens with one attached hydrogen (secondary N) is 1. The fourth-order valence-corrected chi connectivity index (χ4v) is 3.72. The zero-order chi connectivity index (χ0) is 15.9. The number of carbonyl (C=O) groups is 1. The quantitative estimate of drug-likeness (QED) is 0.928. The number of carbonyl (C=O) groups excluding carboxylic acids is 1. The Morgan fingerprint density at radius 2 is 2.14 bits per heavy atom. The van der Waals surface area contributed by atoms with Gasteiger partial charge in [-0.25, -0.2) is 0 Å². The summed E-state index contributed by atoms with van der Waals surface area (Å²) < 4.78 is 5.98. The summed E-state index contributed by atoms with van der Waals surface area (Å²) in [7, 11) is 0. The molecule has 22 heavy (non-hydrogen) atoms. The standard InChI is InChI=1S/C19H25NO2/c1-11-7-17-18(22-10-11)9-13(3)16-8-12(2)15(19(16)17)5-6-20-14(4)21/h9,11H,5-8,10H2,1-4H3,(H,20,21). The second-order valence-corrected chi connectivity index (χ2v) is 6.81. The van der Waals surface area contributed by atoms with Crippen molar-refractivity contribution in [2.24, 2.45) is 5.92 Å². The van der Waals surface area contributed by atoms with Gasteiger partial charge in [-0.2, -0.15) is 0 Å². The summed E-state index contributed by atoms with van der Waals surface area (Å²) in [5.41, 5.74) is 8.46. The number of allylic oxidation sites excluding steroid dienone is 1. The average Bonchev–Trinajstić information content (AvgIpc) is 2.78. The number of aryl methyl sites for hydroxylation is 1. The van der Waals surface area contributed by atoms with E-state index in [-0.39, 0.29) is 5.91 Å². The van der Waals surface area contributed by atoms with E-state index in [2.05, 4.69) is 32.2 Å². The molecular formula is C19H25NO2. The summed E-state index contributed by atoms with van der Waals surface area (Å²) >= 11 is 0. The summed E-state index contributed by atoms with van der Waals surface area (Å²) in [6.45, 7) is 9.76. The average molecular weight is 299 g/mol. The topological polar surface area (TPSA) is 38.3 Å². The number of amides is 1. The van der Waals surface area contributed by atoms with Gasteiger partial charge in [-0.1, -0.05) is 12.5 Å². The van der Waals surface area contributed by atoms with E-state index in [0.29, 0.717) is 12.5 Å². The molecule has 3 nitrogen and oxygen atoms in total. The first kappa shape index (κ1) is 15.1. The monoisotopic (exact) mass is 299 g/mol. The van der Waals surface area contributed by atoms with Crippen LogP contribution in [0.2, 0.25) is 0 Å². The molecule has 1 aromatic carbocycles. The Bertz CT molecular complexity index is 658. The third kappa shape index (κ3) is 2.65. The predicted octanol–water partition coefficient (Wildman–Crippen LogP) is 3.42. The molecule has 1 atom stereocenters. The van der Waals surface area contributed by atoms with Gasteiger partial charge in [0.1, 0.15) is 5.75 Å². The Kier molecular flexibility index (Phi) is 3.98. The van der Waals surface area contributed by atoms with Gasteiger partial charge in [0.2, 0.25) is 5.91 Å². The first-order chi connectivity index (χ1) is 10.5. The lowest BCUT2D eigenvalue weighted by Gasteiger charge is -2.27. The zero-order valence-electron chi connectivity index (χ0n) is 14.0. The highest BCUT2D eigenvalue weighted by molar-refractivity contribution is 5.81. The maximum Gasteiger partial charge on any atom is 0.216 e. The molecule has 0 radical (unpaired) electrons. The molecule has 1 aliphatic heterocycles. The van der Waals surface area contributed by atoms with Crippen molar-refractivity contribution < 1.29 is 9.53 Å². The normalized spacial score (nSPS) is 19.5. The molecule has 1 N–H and O–H groups in total. The summed E-state index contributed by atoms with van der Waals surface area (Å²) in [6, 6.07) is 2.21. The fourth-order valence-electron chi connectivity index (χ4n) is 3.72. The highest BCUT2D eigenvalue weighted by Crippen LogP contribution is 2.44. The summed E-state index contributed by atoms with van der Waals surface area (Å²) in [6.07, 6.45) is 3.04. The Hall–Kier alpha value is -1.77. The summed E-state index contributed by atoms with van der Waals surface area (Å²) in [5.74, 6) is 1.68. The Labute approximate surface area is 132 Å². The zero-order valence-corrected chi connectivity index (χ0v) is 14.0. The molecule has 0 bridgehead atoms. The SMILES string of the molecule is CC(=O)NCCC1=C(C)Cc2c(C)cc3c(c21)CC(C)CO3. The third-order valence-electron chi connectivity index (χ3n) is 4.81. The minimum Gasteiger partial charge on any atom is -0.493 e. The number of ether oxygens (including phenoxy) is 1. The van der Waals surface area contributed by atoms with Crippen molar-refractivity contribution >= 4 is 11.5 Å². The lowest BCUT2D eigenvalue weighted by Crippen LogP contribution is -2.22. The molecule has 0 saturated carbocycles. The van der Waals surface area contributed by atoms with Crippen LogP contribution in [-0.4, -0.2) is 19.1 Å². The summed E-state index contributed by atoms with van der Waals surface area (Å²) in [4.78, 5) is 11.1. The van der Waals surface area contributed by atoms with Crippen LogP contribution in [0, 0.1) is 12.8 Å². The first-order valence-electron chi connectivity index (χ1n) is 8.19. The van der Waals surface area contributed by atoms with E-state index in [0.717, 1.165) is 31.6 Å². The molecular weight excluding hydrogens is 274 g/mol. The van der Waals surface area contributed by atoms with Gasteiger partial charge in [-0.3, -0.25) is 4.79 Å². The molecule has 3 rings (SSSR count). The Morgan fingerprint density at radius 1 is 1.36 bits per heavy atom. The van der Waals surface area contributed by atoms with Crippen molar-refractivity contribution in [2.75, 3.05) is 13.2 Å². The number of fused-ring (bicyclic) bond motifs is 3. The van der Waals surface area contributed by atoms with Crippen LogP contribution < -0.4 is 10.1 Å². The van der Waals surface area contributed by atoms with Crippen LogP contribution in [0.5, 0.6) is 5.75 Å². The lowest BCUT2D eigenvalue weighted by molar-refractivity contribution is -0.118. The fraction of sp³-hybridized carbons (Fsp3) is 0.526. The van der Waals surface area contributed by atoms with Crippen molar-refractivity contribution in [1.29, 1.82) is 0 Å². The van der Waals surface area contributed by atoms with Gasteiger partial charge >= 0.3 is 0 Å². The smallest absolute Gasteiger partial charge is 0.216 e. The van der Waals surface area contributed by atoms with Crippen LogP contribution in [0.1, 0.15) is 49.4 Å². The van der Waals surface area contributed by atoms with Crippen LogP contribution in [0.25, 0.3) is 5.57 Å². The molecule has 0 aromatic heterocycles. The number of hydrogen-bond donors (Lipinski definition) is 1.